The lowest BCUT2D eigenvalue weighted by Crippen LogP contribution is -2.38. The first-order chi connectivity index (χ1) is 12.0. The van der Waals surface area contributed by atoms with Gasteiger partial charge in [0.1, 0.15) is 11.3 Å². The summed E-state index contributed by atoms with van der Waals surface area (Å²) >= 11 is 0. The molecule has 6 heteroatoms. The molecule has 0 bridgehead atoms. The third-order valence-electron chi connectivity index (χ3n) is 5.99. The van der Waals surface area contributed by atoms with Gasteiger partial charge in [0.05, 0.1) is 12.3 Å². The van der Waals surface area contributed by atoms with E-state index in [2.05, 4.69) is 16.9 Å². The molecule has 0 aromatic carbocycles. The Morgan fingerprint density at radius 3 is 3.00 bits per heavy atom. The zero-order chi connectivity index (χ0) is 17.6. The maximum Gasteiger partial charge on any atom is 0.274 e. The number of fused-ring (bicyclic) bond motifs is 1. The Kier molecular flexibility index (Phi) is 4.04. The second-order valence-corrected chi connectivity index (χ2v) is 7.66. The van der Waals surface area contributed by atoms with E-state index in [0.717, 1.165) is 50.5 Å². The molecule has 2 aliphatic rings. The SMILES string of the molecule is COC[C@@H]1CN(C)C[C@@]12CCN(C(=O)c1nc3ccccn3c1C)C2. The van der Waals surface area contributed by atoms with Gasteiger partial charge in [-0.3, -0.25) is 4.79 Å². The number of nitrogens with zero attached hydrogens (tertiary/aromatic N) is 4. The maximum absolute atomic E-state index is 13.1. The largest absolute Gasteiger partial charge is 0.384 e. The Labute approximate surface area is 148 Å². The summed E-state index contributed by atoms with van der Waals surface area (Å²) in [5, 5.41) is 0. The first-order valence-electron chi connectivity index (χ1n) is 8.94. The minimum absolute atomic E-state index is 0.0591. The number of amides is 1. The third-order valence-corrected chi connectivity index (χ3v) is 5.99. The number of imidazole rings is 1. The highest BCUT2D eigenvalue weighted by Gasteiger charge is 2.50. The number of rotatable bonds is 3. The Morgan fingerprint density at radius 2 is 2.24 bits per heavy atom. The van der Waals surface area contributed by atoms with Crippen molar-refractivity contribution in [2.45, 2.75) is 13.3 Å². The molecule has 0 aliphatic carbocycles. The number of aryl methyl sites for hydroxylation is 1. The molecule has 1 amide bonds. The van der Waals surface area contributed by atoms with Crippen molar-refractivity contribution in [2.75, 3.05) is 46.9 Å². The standard InChI is InChI=1S/C19H26N4O2/c1-14-17(20-16-6-4-5-8-23(14)16)18(24)22-9-7-19(13-22)12-21(2)10-15(19)11-25-3/h4-6,8,15H,7,9-13H2,1-3H3/t15-,19+/m0/s1. The van der Waals surface area contributed by atoms with Gasteiger partial charge < -0.3 is 18.9 Å². The van der Waals surface area contributed by atoms with Gasteiger partial charge in [-0.1, -0.05) is 6.07 Å². The molecule has 2 aromatic heterocycles. The van der Waals surface area contributed by atoms with Crippen LogP contribution >= 0.6 is 0 Å². The summed E-state index contributed by atoms with van der Waals surface area (Å²) in [6.07, 6.45) is 3.00. The smallest absolute Gasteiger partial charge is 0.274 e. The number of pyridine rings is 1. The summed E-state index contributed by atoms with van der Waals surface area (Å²) in [6, 6.07) is 5.85. The van der Waals surface area contributed by atoms with Crippen LogP contribution in [0.3, 0.4) is 0 Å². The van der Waals surface area contributed by atoms with Gasteiger partial charge in [0, 0.05) is 50.8 Å². The number of hydrogen-bond acceptors (Lipinski definition) is 4. The fourth-order valence-corrected chi connectivity index (χ4v) is 4.73. The second-order valence-electron chi connectivity index (χ2n) is 7.66. The van der Waals surface area contributed by atoms with Crippen LogP contribution in [-0.4, -0.2) is 72.0 Å². The lowest BCUT2D eigenvalue weighted by Gasteiger charge is -2.29. The molecule has 0 unspecified atom stereocenters. The summed E-state index contributed by atoms with van der Waals surface area (Å²) in [4.78, 5) is 22.1. The van der Waals surface area contributed by atoms with Crippen LogP contribution in [0.5, 0.6) is 0 Å². The van der Waals surface area contributed by atoms with Crippen LogP contribution in [0.4, 0.5) is 0 Å². The van der Waals surface area contributed by atoms with E-state index in [1.165, 1.54) is 0 Å². The summed E-state index contributed by atoms with van der Waals surface area (Å²) in [6.45, 7) is 6.42. The van der Waals surface area contributed by atoms with E-state index in [-0.39, 0.29) is 11.3 Å². The molecule has 4 heterocycles. The number of hydrogen-bond donors (Lipinski definition) is 0. The fourth-order valence-electron chi connectivity index (χ4n) is 4.73. The first kappa shape index (κ1) is 16.5. The average molecular weight is 342 g/mol. The van der Waals surface area contributed by atoms with Gasteiger partial charge in [0.25, 0.3) is 5.91 Å². The van der Waals surface area contributed by atoms with E-state index < -0.39 is 0 Å². The molecule has 6 nitrogen and oxygen atoms in total. The normalized spacial score (nSPS) is 27.0. The Bertz CT molecular complexity index is 802. The number of methoxy groups -OCH3 is 1. The number of likely N-dealkylation sites (tertiary alicyclic amines) is 2. The highest BCUT2D eigenvalue weighted by molar-refractivity contribution is 5.94. The predicted octanol–water partition coefficient (Wildman–Crippen LogP) is 1.68. The van der Waals surface area contributed by atoms with Crippen LogP contribution in [0, 0.1) is 18.3 Å². The van der Waals surface area contributed by atoms with Crippen LogP contribution < -0.4 is 0 Å². The van der Waals surface area contributed by atoms with E-state index in [1.807, 2.05) is 40.6 Å². The molecule has 0 saturated carbocycles. The van der Waals surface area contributed by atoms with Crippen molar-refractivity contribution in [2.24, 2.45) is 11.3 Å². The molecule has 1 spiro atoms. The predicted molar refractivity (Wildman–Crippen MR) is 95.7 cm³/mol. The van der Waals surface area contributed by atoms with E-state index in [0.29, 0.717) is 11.6 Å². The molecule has 0 radical (unpaired) electrons. The Hall–Kier alpha value is -1.92. The molecule has 2 saturated heterocycles. The maximum atomic E-state index is 13.1. The first-order valence-corrected chi connectivity index (χ1v) is 8.94. The van der Waals surface area contributed by atoms with Crippen molar-refractivity contribution in [3.05, 3.63) is 35.8 Å². The topological polar surface area (TPSA) is 50.1 Å². The van der Waals surface area contributed by atoms with Gasteiger partial charge >= 0.3 is 0 Å². The van der Waals surface area contributed by atoms with Crippen molar-refractivity contribution in [1.82, 2.24) is 19.2 Å². The summed E-state index contributed by atoms with van der Waals surface area (Å²) in [5.74, 6) is 0.547. The van der Waals surface area contributed by atoms with Crippen LogP contribution in [0.25, 0.3) is 5.65 Å². The minimum atomic E-state index is 0.0591. The van der Waals surface area contributed by atoms with Crippen molar-refractivity contribution in [1.29, 1.82) is 0 Å². The van der Waals surface area contributed by atoms with Crippen LogP contribution in [0.1, 0.15) is 22.6 Å². The van der Waals surface area contributed by atoms with Crippen LogP contribution in [0.15, 0.2) is 24.4 Å². The number of aromatic nitrogens is 2. The van der Waals surface area contributed by atoms with Gasteiger partial charge in [0.15, 0.2) is 0 Å². The molecule has 2 fully saturated rings. The van der Waals surface area contributed by atoms with E-state index >= 15 is 0 Å². The summed E-state index contributed by atoms with van der Waals surface area (Å²) in [7, 11) is 3.93. The molecule has 0 N–H and O–H groups in total. The van der Waals surface area contributed by atoms with E-state index in [9.17, 15) is 4.79 Å². The lowest BCUT2D eigenvalue weighted by atomic mass is 9.77. The van der Waals surface area contributed by atoms with Gasteiger partial charge in [-0.2, -0.15) is 0 Å². The quantitative estimate of drug-likeness (QED) is 0.852. The highest BCUT2D eigenvalue weighted by atomic mass is 16.5. The second kappa shape index (κ2) is 6.11. The van der Waals surface area contributed by atoms with Crippen LogP contribution in [0.2, 0.25) is 0 Å². The number of carbonyl (C=O) groups is 1. The van der Waals surface area contributed by atoms with E-state index in [1.54, 1.807) is 7.11 Å². The van der Waals surface area contributed by atoms with Crippen molar-refractivity contribution in [3.63, 3.8) is 0 Å². The number of ether oxygens (including phenoxy) is 1. The summed E-state index contributed by atoms with van der Waals surface area (Å²) < 4.78 is 7.44. The van der Waals surface area contributed by atoms with Gasteiger partial charge in [-0.15, -0.1) is 0 Å². The Balaban J connectivity index is 1.58. The monoisotopic (exact) mass is 342 g/mol. The molecule has 2 aromatic rings. The van der Waals surface area contributed by atoms with Crippen molar-refractivity contribution >= 4 is 11.6 Å². The zero-order valence-electron chi connectivity index (χ0n) is 15.2. The molecule has 2 atom stereocenters. The van der Waals surface area contributed by atoms with Crippen molar-refractivity contribution in [3.8, 4) is 0 Å². The van der Waals surface area contributed by atoms with E-state index in [4.69, 9.17) is 4.74 Å². The van der Waals surface area contributed by atoms with Crippen molar-refractivity contribution < 1.29 is 9.53 Å². The third kappa shape index (κ3) is 2.64. The fraction of sp³-hybridized carbons (Fsp3) is 0.579. The molecular formula is C19H26N4O2. The minimum Gasteiger partial charge on any atom is -0.384 e. The molecular weight excluding hydrogens is 316 g/mol. The molecule has 2 aliphatic heterocycles. The molecule has 25 heavy (non-hydrogen) atoms. The highest BCUT2D eigenvalue weighted by Crippen LogP contribution is 2.43. The van der Waals surface area contributed by atoms with Gasteiger partial charge in [-0.05, 0) is 32.5 Å². The average Bonchev–Trinajstić information content (AvgIpc) is 3.26. The van der Waals surface area contributed by atoms with Gasteiger partial charge in [-0.25, -0.2) is 4.98 Å². The Morgan fingerprint density at radius 1 is 1.40 bits per heavy atom. The zero-order valence-corrected chi connectivity index (χ0v) is 15.2. The lowest BCUT2D eigenvalue weighted by molar-refractivity contribution is 0.0711. The molecule has 134 valence electrons. The summed E-state index contributed by atoms with van der Waals surface area (Å²) in [5.41, 5.74) is 2.49. The number of carbonyl (C=O) groups excluding carboxylic acids is 1. The van der Waals surface area contributed by atoms with Gasteiger partial charge in [0.2, 0.25) is 0 Å². The molecule has 4 rings (SSSR count). The van der Waals surface area contributed by atoms with Crippen LogP contribution in [-0.2, 0) is 4.74 Å².